The third kappa shape index (κ3) is 1.47. The summed E-state index contributed by atoms with van der Waals surface area (Å²) >= 11 is 0. The SMILES string of the molecule is C[C@@H]1C[C@@]2(C)C(=CC1=O)CC[C@H]1[C@@H]3CC[C@@](C)(O)[C@@]3(C)C[C@@H]3O[C@]312. The molecular weight excluding hydrogens is 300 g/mol. The molecule has 0 unspecified atom stereocenters. The lowest BCUT2D eigenvalue weighted by atomic mass is 9.45. The summed E-state index contributed by atoms with van der Waals surface area (Å²) in [6.07, 6.45) is 8.33. The van der Waals surface area contributed by atoms with Crippen LogP contribution in [0.2, 0.25) is 0 Å². The van der Waals surface area contributed by atoms with Gasteiger partial charge in [-0.1, -0.05) is 26.3 Å². The van der Waals surface area contributed by atoms with Gasteiger partial charge in [0.15, 0.2) is 5.78 Å². The first-order chi connectivity index (χ1) is 11.2. The molecule has 3 saturated carbocycles. The molecule has 1 heterocycles. The zero-order valence-electron chi connectivity index (χ0n) is 15.4. The number of ether oxygens (including phenoxy) is 1. The quantitative estimate of drug-likeness (QED) is 0.690. The molecule has 8 atom stereocenters. The first kappa shape index (κ1) is 15.6. The van der Waals surface area contributed by atoms with Gasteiger partial charge in [0, 0.05) is 16.7 Å². The van der Waals surface area contributed by atoms with E-state index >= 15 is 0 Å². The molecule has 132 valence electrons. The van der Waals surface area contributed by atoms with Crippen LogP contribution < -0.4 is 0 Å². The van der Waals surface area contributed by atoms with Crippen molar-refractivity contribution in [2.75, 3.05) is 0 Å². The summed E-state index contributed by atoms with van der Waals surface area (Å²) in [4.78, 5) is 12.2. The topological polar surface area (TPSA) is 49.8 Å². The van der Waals surface area contributed by atoms with Gasteiger partial charge in [0.1, 0.15) is 5.60 Å². The summed E-state index contributed by atoms with van der Waals surface area (Å²) in [5, 5.41) is 11.0. The van der Waals surface area contributed by atoms with Gasteiger partial charge in [-0.2, -0.15) is 0 Å². The molecule has 1 N–H and O–H groups in total. The van der Waals surface area contributed by atoms with E-state index in [1.165, 1.54) is 5.57 Å². The Morgan fingerprint density at radius 3 is 2.67 bits per heavy atom. The van der Waals surface area contributed by atoms with E-state index in [1.807, 2.05) is 13.0 Å². The van der Waals surface area contributed by atoms with E-state index < -0.39 is 5.60 Å². The number of hydrogen-bond acceptors (Lipinski definition) is 3. The Morgan fingerprint density at radius 1 is 1.17 bits per heavy atom. The molecule has 3 heteroatoms. The largest absolute Gasteiger partial charge is 0.390 e. The average molecular weight is 330 g/mol. The number of carbonyl (C=O) groups excluding carboxylic acids is 1. The van der Waals surface area contributed by atoms with Gasteiger partial charge in [-0.05, 0) is 63.4 Å². The Morgan fingerprint density at radius 2 is 1.92 bits per heavy atom. The fourth-order valence-corrected chi connectivity index (χ4v) is 7.56. The highest BCUT2D eigenvalue weighted by Crippen LogP contribution is 2.76. The predicted octanol–water partition coefficient (Wildman–Crippen LogP) is 3.65. The number of carbonyl (C=O) groups is 1. The van der Waals surface area contributed by atoms with E-state index in [0.29, 0.717) is 17.6 Å². The van der Waals surface area contributed by atoms with Crippen LogP contribution >= 0.6 is 0 Å². The third-order valence-corrected chi connectivity index (χ3v) is 9.21. The normalized spacial score (nSPS) is 61.4. The number of rotatable bonds is 0. The molecule has 5 rings (SSSR count). The molecule has 0 radical (unpaired) electrons. The van der Waals surface area contributed by atoms with Crippen LogP contribution in [0.4, 0.5) is 0 Å². The maximum Gasteiger partial charge on any atom is 0.158 e. The molecule has 1 saturated heterocycles. The van der Waals surface area contributed by atoms with Gasteiger partial charge >= 0.3 is 0 Å². The summed E-state index contributed by atoms with van der Waals surface area (Å²) in [6, 6.07) is 0. The molecule has 4 aliphatic carbocycles. The van der Waals surface area contributed by atoms with Crippen LogP contribution in [0.3, 0.4) is 0 Å². The van der Waals surface area contributed by atoms with Crippen molar-refractivity contribution in [3.8, 4) is 0 Å². The Labute approximate surface area is 144 Å². The molecule has 0 aromatic rings. The zero-order valence-corrected chi connectivity index (χ0v) is 15.4. The summed E-state index contributed by atoms with van der Waals surface area (Å²) in [5.74, 6) is 1.51. The van der Waals surface area contributed by atoms with E-state index in [2.05, 4.69) is 20.8 Å². The lowest BCUT2D eigenvalue weighted by Gasteiger charge is -2.57. The van der Waals surface area contributed by atoms with Gasteiger partial charge in [-0.25, -0.2) is 0 Å². The monoisotopic (exact) mass is 330 g/mol. The second kappa shape index (κ2) is 4.17. The van der Waals surface area contributed by atoms with Gasteiger partial charge in [0.2, 0.25) is 0 Å². The van der Waals surface area contributed by atoms with Crippen LogP contribution in [0.1, 0.15) is 66.2 Å². The van der Waals surface area contributed by atoms with E-state index in [9.17, 15) is 9.90 Å². The van der Waals surface area contributed by atoms with Crippen LogP contribution in [-0.4, -0.2) is 28.2 Å². The Bertz CT molecular complexity index is 664. The first-order valence-electron chi connectivity index (χ1n) is 9.81. The standard InChI is InChI=1S/C21H30O3/c1-12-10-18(2)13(9-16(12)22)5-6-15-14-7-8-20(4,23)19(14,3)11-17-21(15,18)24-17/h9,12,14-15,17,23H,5-8,10-11H2,1-4H3/t12-,14+,15+,17+,18+,19+,20-,21+/m1/s1. The highest BCUT2D eigenvalue weighted by molar-refractivity contribution is 5.93. The number of fused-ring (bicyclic) bond motifs is 3. The van der Waals surface area contributed by atoms with Gasteiger partial charge in [0.25, 0.3) is 0 Å². The molecule has 0 amide bonds. The van der Waals surface area contributed by atoms with Gasteiger partial charge < -0.3 is 9.84 Å². The van der Waals surface area contributed by atoms with Crippen molar-refractivity contribution < 1.29 is 14.6 Å². The minimum atomic E-state index is -0.567. The fourth-order valence-electron chi connectivity index (χ4n) is 7.56. The summed E-state index contributed by atoms with van der Waals surface area (Å²) in [5.41, 5.74) is 0.719. The second-order valence-electron chi connectivity index (χ2n) is 10.1. The van der Waals surface area contributed by atoms with E-state index in [0.717, 1.165) is 38.5 Å². The molecule has 24 heavy (non-hydrogen) atoms. The Hall–Kier alpha value is -0.670. The van der Waals surface area contributed by atoms with Crippen molar-refractivity contribution >= 4 is 5.78 Å². The number of aliphatic hydroxyl groups is 1. The highest BCUT2D eigenvalue weighted by atomic mass is 16.6. The molecule has 0 aromatic heterocycles. The molecule has 1 aliphatic heterocycles. The van der Waals surface area contributed by atoms with Crippen molar-refractivity contribution in [3.63, 3.8) is 0 Å². The molecule has 1 spiro atoms. The molecule has 0 aromatic carbocycles. The molecule has 3 nitrogen and oxygen atoms in total. The van der Waals surface area contributed by atoms with Crippen molar-refractivity contribution in [2.24, 2.45) is 28.6 Å². The third-order valence-electron chi connectivity index (χ3n) is 9.21. The van der Waals surface area contributed by atoms with Crippen LogP contribution in [0.25, 0.3) is 0 Å². The van der Waals surface area contributed by atoms with E-state index in [1.54, 1.807) is 0 Å². The van der Waals surface area contributed by atoms with Crippen LogP contribution in [0.5, 0.6) is 0 Å². The van der Waals surface area contributed by atoms with Crippen molar-refractivity contribution in [3.05, 3.63) is 11.6 Å². The Balaban J connectivity index is 1.60. The van der Waals surface area contributed by atoms with Crippen molar-refractivity contribution in [1.82, 2.24) is 0 Å². The summed E-state index contributed by atoms with van der Waals surface area (Å²) in [7, 11) is 0. The molecule has 5 aliphatic rings. The van der Waals surface area contributed by atoms with Crippen LogP contribution in [0.15, 0.2) is 11.6 Å². The van der Waals surface area contributed by atoms with E-state index in [4.69, 9.17) is 4.74 Å². The van der Waals surface area contributed by atoms with Crippen molar-refractivity contribution in [1.29, 1.82) is 0 Å². The molecule has 0 bridgehead atoms. The fraction of sp³-hybridized carbons (Fsp3) is 0.857. The maximum absolute atomic E-state index is 12.2. The Kier molecular flexibility index (Phi) is 2.71. The van der Waals surface area contributed by atoms with Gasteiger partial charge in [-0.15, -0.1) is 0 Å². The van der Waals surface area contributed by atoms with Crippen LogP contribution in [0, 0.1) is 28.6 Å². The van der Waals surface area contributed by atoms with Gasteiger partial charge in [0.05, 0.1) is 11.7 Å². The smallest absolute Gasteiger partial charge is 0.158 e. The van der Waals surface area contributed by atoms with Gasteiger partial charge in [-0.3, -0.25) is 4.79 Å². The minimum absolute atomic E-state index is 0.0175. The molecular formula is C21H30O3. The summed E-state index contributed by atoms with van der Waals surface area (Å²) in [6.45, 7) is 8.78. The van der Waals surface area contributed by atoms with Crippen LogP contribution in [-0.2, 0) is 9.53 Å². The number of epoxide rings is 1. The predicted molar refractivity (Wildman–Crippen MR) is 91.4 cm³/mol. The second-order valence-corrected chi connectivity index (χ2v) is 10.1. The number of hydrogen-bond donors (Lipinski definition) is 1. The molecule has 4 fully saturated rings. The van der Waals surface area contributed by atoms with E-state index in [-0.39, 0.29) is 28.5 Å². The number of ketones is 1. The van der Waals surface area contributed by atoms with Crippen molar-refractivity contribution in [2.45, 2.75) is 83.5 Å². The summed E-state index contributed by atoms with van der Waals surface area (Å²) < 4.78 is 6.56. The zero-order chi connectivity index (χ0) is 17.1. The lowest BCUT2D eigenvalue weighted by Crippen LogP contribution is -2.60. The maximum atomic E-state index is 12.2. The lowest BCUT2D eigenvalue weighted by molar-refractivity contribution is -0.123. The average Bonchev–Trinajstić information content (AvgIpc) is 3.15. The highest BCUT2D eigenvalue weighted by Gasteiger charge is 2.80. The first-order valence-corrected chi connectivity index (χ1v) is 9.81. The minimum Gasteiger partial charge on any atom is -0.390 e.